The zero-order chi connectivity index (χ0) is 24.0. The van der Waals surface area contributed by atoms with Crippen molar-refractivity contribution in [2.75, 3.05) is 12.9 Å². The maximum Gasteiger partial charge on any atom is 0.137 e. The van der Waals surface area contributed by atoms with Crippen molar-refractivity contribution in [2.45, 2.75) is 45.4 Å². The predicted molar refractivity (Wildman–Crippen MR) is 143 cm³/mol. The van der Waals surface area contributed by atoms with E-state index < -0.39 is 5.41 Å². The summed E-state index contributed by atoms with van der Waals surface area (Å²) in [4.78, 5) is 13.2. The van der Waals surface area contributed by atoms with Crippen molar-refractivity contribution >= 4 is 29.7 Å². The Labute approximate surface area is 202 Å². The highest BCUT2D eigenvalue weighted by molar-refractivity contribution is 7.98. The fourth-order valence-electron chi connectivity index (χ4n) is 3.91. The van der Waals surface area contributed by atoms with E-state index in [4.69, 9.17) is 0 Å². The smallest absolute Gasteiger partial charge is 0.137 e. The van der Waals surface area contributed by atoms with Gasteiger partial charge in [0.05, 0.1) is 6.61 Å². The number of Topliss-reactive ketones (excluding diaryl/α,β-unsaturated/α-hetero) is 1. The molecular formula is C30H34O2S. The molecule has 3 rings (SSSR count). The van der Waals surface area contributed by atoms with Crippen LogP contribution < -0.4 is 0 Å². The Hall–Kier alpha value is -2.62. The third-order valence-electron chi connectivity index (χ3n) is 6.73. The molecule has 172 valence electrons. The number of carbonyl (C=O) groups is 1. The van der Waals surface area contributed by atoms with Gasteiger partial charge in [-0.05, 0) is 90.9 Å². The lowest BCUT2D eigenvalue weighted by Gasteiger charge is -2.24. The van der Waals surface area contributed by atoms with Crippen molar-refractivity contribution in [2.24, 2.45) is 5.41 Å². The molecule has 0 amide bonds. The van der Waals surface area contributed by atoms with Gasteiger partial charge >= 0.3 is 0 Å². The van der Waals surface area contributed by atoms with Gasteiger partial charge in [-0.1, -0.05) is 67.6 Å². The summed E-state index contributed by atoms with van der Waals surface area (Å²) in [6, 6.07) is 21.6. The number of hydrogen-bond donors (Lipinski definition) is 1. The molecule has 0 aliphatic rings. The van der Waals surface area contributed by atoms with Gasteiger partial charge < -0.3 is 5.11 Å². The van der Waals surface area contributed by atoms with Crippen LogP contribution >= 0.6 is 11.8 Å². The van der Waals surface area contributed by atoms with Crippen molar-refractivity contribution in [1.29, 1.82) is 0 Å². The number of hydrogen-bond acceptors (Lipinski definition) is 3. The summed E-state index contributed by atoms with van der Waals surface area (Å²) in [6.07, 6.45) is 7.86. The second kappa shape index (κ2) is 11.0. The van der Waals surface area contributed by atoms with Crippen LogP contribution in [0.4, 0.5) is 0 Å². The number of carbonyl (C=O) groups excluding carboxylic acids is 1. The van der Waals surface area contributed by atoms with Crippen LogP contribution in [0.2, 0.25) is 0 Å². The molecule has 3 heteroatoms. The normalized spacial score (nSPS) is 13.3. The van der Waals surface area contributed by atoms with Crippen LogP contribution in [0.5, 0.6) is 0 Å². The van der Waals surface area contributed by atoms with Crippen LogP contribution in [0.3, 0.4) is 0 Å². The molecule has 0 fully saturated rings. The monoisotopic (exact) mass is 458 g/mol. The summed E-state index contributed by atoms with van der Waals surface area (Å²) in [6.45, 7) is 7.59. The van der Waals surface area contributed by atoms with E-state index >= 15 is 0 Å². The Balaban J connectivity index is 1.83. The molecular weight excluding hydrogens is 424 g/mol. The van der Waals surface area contributed by atoms with Gasteiger partial charge in [0.25, 0.3) is 0 Å². The van der Waals surface area contributed by atoms with Crippen LogP contribution in [-0.4, -0.2) is 23.8 Å². The first-order valence-electron chi connectivity index (χ1n) is 11.4. The van der Waals surface area contributed by atoms with E-state index in [2.05, 4.69) is 92.9 Å². The number of benzene rings is 3. The van der Waals surface area contributed by atoms with Crippen molar-refractivity contribution < 1.29 is 9.90 Å². The molecule has 0 aromatic heterocycles. The molecule has 0 bridgehead atoms. The summed E-state index contributed by atoms with van der Waals surface area (Å²) in [5.41, 5.74) is 7.85. The molecule has 0 heterocycles. The summed E-state index contributed by atoms with van der Waals surface area (Å²) >= 11 is 1.76. The highest BCUT2D eigenvalue weighted by Crippen LogP contribution is 2.29. The third-order valence-corrected chi connectivity index (χ3v) is 7.47. The Morgan fingerprint density at radius 3 is 2.33 bits per heavy atom. The quantitative estimate of drug-likeness (QED) is 0.268. The number of thioether (sulfide) groups is 1. The van der Waals surface area contributed by atoms with Crippen molar-refractivity contribution in [1.82, 2.24) is 0 Å². The topological polar surface area (TPSA) is 37.3 Å². The van der Waals surface area contributed by atoms with E-state index in [1.807, 2.05) is 6.92 Å². The second-order valence-electron chi connectivity index (χ2n) is 9.05. The molecule has 3 aromatic rings. The highest BCUT2D eigenvalue weighted by Gasteiger charge is 2.28. The fourth-order valence-corrected chi connectivity index (χ4v) is 4.32. The highest BCUT2D eigenvalue weighted by atomic mass is 32.2. The number of ketones is 1. The molecule has 1 N–H and O–H groups in total. The molecule has 0 aliphatic carbocycles. The molecule has 3 aromatic carbocycles. The van der Waals surface area contributed by atoms with Gasteiger partial charge in [-0.2, -0.15) is 0 Å². The van der Waals surface area contributed by atoms with Gasteiger partial charge in [-0.3, -0.25) is 4.79 Å². The summed E-state index contributed by atoms with van der Waals surface area (Å²) in [5, 5.41) is 9.67. The van der Waals surface area contributed by atoms with Gasteiger partial charge in [-0.25, -0.2) is 0 Å². The molecule has 1 unspecified atom stereocenters. The minimum absolute atomic E-state index is 0.0377. The van der Waals surface area contributed by atoms with Crippen molar-refractivity contribution in [3.8, 4) is 11.1 Å². The maximum absolute atomic E-state index is 11.9. The standard InChI is InChI=1S/C30H34O2S/c1-21-9-10-24(17-18-30(4,20-31)23(3)32)19-27(21)12-11-25-7-6-8-29(22(25)2)26-13-15-28(33-5)16-14-26/h6-16,19,31H,17-18,20H2,1-5H3/b12-11+. The number of rotatable bonds is 9. The largest absolute Gasteiger partial charge is 0.395 e. The molecule has 0 aliphatic heterocycles. The van der Waals surface area contributed by atoms with Gasteiger partial charge in [-0.15, -0.1) is 11.8 Å². The summed E-state index contributed by atoms with van der Waals surface area (Å²) < 4.78 is 0. The first-order valence-corrected chi connectivity index (χ1v) is 12.6. The first kappa shape index (κ1) is 25.0. The van der Waals surface area contributed by atoms with E-state index in [0.717, 1.165) is 6.42 Å². The summed E-state index contributed by atoms with van der Waals surface area (Å²) in [7, 11) is 0. The van der Waals surface area contributed by atoms with E-state index in [-0.39, 0.29) is 12.4 Å². The second-order valence-corrected chi connectivity index (χ2v) is 9.93. The lowest BCUT2D eigenvalue weighted by molar-refractivity contribution is -0.128. The van der Waals surface area contributed by atoms with Crippen LogP contribution in [0.15, 0.2) is 65.6 Å². The van der Waals surface area contributed by atoms with E-state index in [1.54, 1.807) is 18.7 Å². The van der Waals surface area contributed by atoms with Gasteiger partial charge in [0.2, 0.25) is 0 Å². The van der Waals surface area contributed by atoms with E-state index in [0.29, 0.717) is 6.42 Å². The minimum atomic E-state index is -0.674. The van der Waals surface area contributed by atoms with Gasteiger partial charge in [0.1, 0.15) is 5.78 Å². The molecule has 0 radical (unpaired) electrons. The van der Waals surface area contributed by atoms with Crippen LogP contribution in [0.25, 0.3) is 23.3 Å². The molecule has 0 spiro atoms. The van der Waals surface area contributed by atoms with E-state index in [9.17, 15) is 9.90 Å². The van der Waals surface area contributed by atoms with Gasteiger partial charge in [0, 0.05) is 10.3 Å². The average Bonchev–Trinajstić information content (AvgIpc) is 2.83. The molecule has 0 saturated carbocycles. The Bertz CT molecular complexity index is 1140. The lowest BCUT2D eigenvalue weighted by Crippen LogP contribution is -2.30. The Morgan fingerprint density at radius 1 is 1.00 bits per heavy atom. The molecule has 0 saturated heterocycles. The number of aliphatic hydroxyl groups is 1. The Kier molecular flexibility index (Phi) is 8.34. The molecule has 33 heavy (non-hydrogen) atoms. The minimum Gasteiger partial charge on any atom is -0.395 e. The maximum atomic E-state index is 11.9. The SMILES string of the molecule is CSc1ccc(-c2cccc(/C=C/c3cc(CCC(C)(CO)C(C)=O)ccc3C)c2C)cc1. The van der Waals surface area contributed by atoms with Crippen molar-refractivity contribution in [3.05, 3.63) is 88.5 Å². The van der Waals surface area contributed by atoms with E-state index in [1.165, 1.54) is 43.8 Å². The predicted octanol–water partition coefficient (Wildman–Crippen LogP) is 7.38. The van der Waals surface area contributed by atoms with Crippen LogP contribution in [0.1, 0.15) is 48.1 Å². The third kappa shape index (κ3) is 6.04. The zero-order valence-corrected chi connectivity index (χ0v) is 21.1. The number of aryl methyl sites for hydroxylation is 2. The number of aliphatic hydroxyl groups excluding tert-OH is 1. The summed E-state index contributed by atoms with van der Waals surface area (Å²) in [5.74, 6) is 0.0377. The molecule has 2 nitrogen and oxygen atoms in total. The first-order chi connectivity index (χ1) is 15.8. The fraction of sp³-hybridized carbons (Fsp3) is 0.300. The Morgan fingerprint density at radius 2 is 1.70 bits per heavy atom. The molecule has 1 atom stereocenters. The van der Waals surface area contributed by atoms with Gasteiger partial charge in [0.15, 0.2) is 0 Å². The zero-order valence-electron chi connectivity index (χ0n) is 20.3. The average molecular weight is 459 g/mol. The van der Waals surface area contributed by atoms with Crippen molar-refractivity contribution in [3.63, 3.8) is 0 Å². The van der Waals surface area contributed by atoms with Crippen LogP contribution in [0, 0.1) is 19.3 Å². The lowest BCUT2D eigenvalue weighted by atomic mass is 9.81. The van der Waals surface area contributed by atoms with Crippen LogP contribution in [-0.2, 0) is 11.2 Å².